The zero-order chi connectivity index (χ0) is 9.52. The largest absolute Gasteiger partial charge is 0.392 e. The van der Waals surface area contributed by atoms with Crippen LogP contribution in [-0.4, -0.2) is 11.7 Å². The fraction of sp³-hybridized carbons (Fsp3) is 0.333. The second kappa shape index (κ2) is 6.64. The van der Waals surface area contributed by atoms with E-state index in [9.17, 15) is 0 Å². The molecule has 0 spiro atoms. The van der Waals surface area contributed by atoms with E-state index >= 15 is 0 Å². The van der Waals surface area contributed by atoms with Gasteiger partial charge in [0.05, 0.1) is 22.4 Å². The molecule has 2 nitrogen and oxygen atoms in total. The van der Waals surface area contributed by atoms with E-state index < -0.39 is 0 Å². The molecule has 0 atom stereocenters. The van der Waals surface area contributed by atoms with Crippen molar-refractivity contribution in [2.75, 3.05) is 6.61 Å². The van der Waals surface area contributed by atoms with E-state index in [0.717, 1.165) is 17.5 Å². The maximum atomic E-state index is 9.03. The van der Waals surface area contributed by atoms with Crippen molar-refractivity contribution in [2.45, 2.75) is 13.0 Å². The van der Waals surface area contributed by atoms with E-state index in [4.69, 9.17) is 9.29 Å². The highest BCUT2D eigenvalue weighted by Gasteiger charge is 1.99. The van der Waals surface area contributed by atoms with Crippen LogP contribution in [0.5, 0.6) is 0 Å². The smallest absolute Gasteiger partial charge is 0.0684 e. The number of aliphatic hydroxyl groups is 1. The summed E-state index contributed by atoms with van der Waals surface area (Å²) in [5.74, 6) is 0. The minimum atomic E-state index is 0.105. The van der Waals surface area contributed by atoms with Gasteiger partial charge in [-0.05, 0) is 17.5 Å². The van der Waals surface area contributed by atoms with Crippen molar-refractivity contribution in [1.82, 2.24) is 0 Å². The summed E-state index contributed by atoms with van der Waals surface area (Å²) in [7, 11) is 1.34. The Morgan fingerprint density at radius 3 is 2.62 bits per heavy atom. The van der Waals surface area contributed by atoms with Crippen LogP contribution in [0.25, 0.3) is 0 Å². The highest BCUT2D eigenvalue weighted by Crippen LogP contribution is 2.14. The minimum absolute atomic E-state index is 0.105. The van der Waals surface area contributed by atoms with Crippen LogP contribution in [0.15, 0.2) is 24.3 Å². The van der Waals surface area contributed by atoms with Crippen molar-refractivity contribution < 1.29 is 9.29 Å². The quantitative estimate of drug-likeness (QED) is 0.515. The molecule has 0 heterocycles. The van der Waals surface area contributed by atoms with Crippen molar-refractivity contribution >= 4 is 30.4 Å². The van der Waals surface area contributed by atoms with Gasteiger partial charge in [0.15, 0.2) is 0 Å². The molecular formula is C9H11IO2S. The Kier molecular flexibility index (Phi) is 5.77. The summed E-state index contributed by atoms with van der Waals surface area (Å²) < 4.78 is 5.16. The van der Waals surface area contributed by atoms with Gasteiger partial charge in [-0.1, -0.05) is 24.3 Å². The van der Waals surface area contributed by atoms with Crippen LogP contribution in [0.1, 0.15) is 11.1 Å². The lowest BCUT2D eigenvalue weighted by Gasteiger charge is -2.05. The molecular weight excluding hydrogens is 299 g/mol. The predicted molar refractivity (Wildman–Crippen MR) is 63.6 cm³/mol. The van der Waals surface area contributed by atoms with Gasteiger partial charge in [0.25, 0.3) is 0 Å². The molecule has 0 aromatic heterocycles. The van der Waals surface area contributed by atoms with Gasteiger partial charge in [0.1, 0.15) is 0 Å². The molecule has 1 rings (SSSR count). The van der Waals surface area contributed by atoms with Gasteiger partial charge in [0, 0.05) is 21.2 Å². The topological polar surface area (TPSA) is 29.5 Å². The first kappa shape index (κ1) is 11.3. The van der Waals surface area contributed by atoms with Crippen molar-refractivity contribution in [3.63, 3.8) is 0 Å². The average Bonchev–Trinajstić information content (AvgIpc) is 2.19. The summed E-state index contributed by atoms with van der Waals surface area (Å²) in [6, 6.07) is 7.87. The van der Waals surface area contributed by atoms with Crippen LogP contribution in [0.3, 0.4) is 0 Å². The standard InChI is InChI=1S/C9H11IO2S/c10-13-12-6-5-8-3-1-2-4-9(8)7-11/h1-4,11H,5-7H2. The molecule has 0 saturated carbocycles. The molecule has 0 fully saturated rings. The molecule has 0 aliphatic rings. The van der Waals surface area contributed by atoms with Crippen LogP contribution < -0.4 is 0 Å². The Morgan fingerprint density at radius 2 is 2.00 bits per heavy atom. The van der Waals surface area contributed by atoms with Gasteiger partial charge in [-0.25, -0.2) is 0 Å². The van der Waals surface area contributed by atoms with Crippen LogP contribution in [0.2, 0.25) is 0 Å². The fourth-order valence-electron chi connectivity index (χ4n) is 1.14. The third-order valence-electron chi connectivity index (χ3n) is 1.79. The van der Waals surface area contributed by atoms with Gasteiger partial charge in [-0.3, -0.25) is 0 Å². The molecule has 1 aromatic rings. The summed E-state index contributed by atoms with van der Waals surface area (Å²) in [6.07, 6.45) is 0.854. The lowest BCUT2D eigenvalue weighted by Crippen LogP contribution is -1.97. The summed E-state index contributed by atoms with van der Waals surface area (Å²) in [5, 5.41) is 9.03. The third kappa shape index (κ3) is 3.84. The lowest BCUT2D eigenvalue weighted by molar-refractivity contribution is 0.279. The van der Waals surface area contributed by atoms with Crippen LogP contribution in [-0.2, 0) is 17.2 Å². The van der Waals surface area contributed by atoms with Crippen molar-refractivity contribution in [3.05, 3.63) is 35.4 Å². The second-order valence-electron chi connectivity index (χ2n) is 2.56. The number of rotatable bonds is 5. The highest BCUT2D eigenvalue weighted by molar-refractivity contribution is 14.2. The van der Waals surface area contributed by atoms with E-state index in [1.165, 1.54) is 9.21 Å². The first-order valence-corrected chi connectivity index (χ1v) is 7.24. The lowest BCUT2D eigenvalue weighted by atomic mass is 10.1. The Labute approximate surface area is 94.5 Å². The zero-order valence-corrected chi connectivity index (χ0v) is 10.0. The van der Waals surface area contributed by atoms with Gasteiger partial charge < -0.3 is 9.29 Å². The van der Waals surface area contributed by atoms with Gasteiger partial charge in [0.2, 0.25) is 0 Å². The summed E-state index contributed by atoms with van der Waals surface area (Å²) in [5.41, 5.74) is 2.15. The molecule has 1 N–H and O–H groups in total. The van der Waals surface area contributed by atoms with Gasteiger partial charge in [-0.15, -0.1) is 0 Å². The van der Waals surface area contributed by atoms with E-state index in [2.05, 4.69) is 21.2 Å². The van der Waals surface area contributed by atoms with Crippen molar-refractivity contribution in [2.24, 2.45) is 0 Å². The van der Waals surface area contributed by atoms with Crippen LogP contribution >= 0.6 is 30.4 Å². The first-order chi connectivity index (χ1) is 6.38. The average molecular weight is 310 g/mol. The number of hydrogen-bond donors (Lipinski definition) is 1. The molecule has 0 amide bonds. The molecule has 0 bridgehead atoms. The third-order valence-corrected chi connectivity index (χ3v) is 2.81. The predicted octanol–water partition coefficient (Wildman–Crippen LogP) is 2.74. The maximum absolute atomic E-state index is 9.03. The molecule has 72 valence electrons. The Bertz CT molecular complexity index is 255. The summed E-state index contributed by atoms with van der Waals surface area (Å²) in [4.78, 5) is 0. The van der Waals surface area contributed by atoms with Gasteiger partial charge in [-0.2, -0.15) is 0 Å². The number of halogens is 1. The Hall–Kier alpha value is 0.220. The van der Waals surface area contributed by atoms with Crippen molar-refractivity contribution in [3.8, 4) is 0 Å². The van der Waals surface area contributed by atoms with E-state index in [0.29, 0.717) is 6.61 Å². The fourth-order valence-corrected chi connectivity index (χ4v) is 1.82. The van der Waals surface area contributed by atoms with Crippen LogP contribution in [0.4, 0.5) is 0 Å². The first-order valence-electron chi connectivity index (χ1n) is 3.96. The zero-order valence-electron chi connectivity index (χ0n) is 7.07. The SMILES string of the molecule is OCc1ccccc1CCOSI. The van der Waals surface area contributed by atoms with Gasteiger partial charge >= 0.3 is 0 Å². The molecule has 0 radical (unpaired) electrons. The Morgan fingerprint density at radius 1 is 1.31 bits per heavy atom. The molecule has 13 heavy (non-hydrogen) atoms. The van der Waals surface area contributed by atoms with Crippen molar-refractivity contribution in [1.29, 1.82) is 0 Å². The van der Waals surface area contributed by atoms with E-state index in [-0.39, 0.29) is 6.61 Å². The Balaban J connectivity index is 2.54. The molecule has 1 aromatic carbocycles. The molecule has 0 aliphatic carbocycles. The molecule has 4 heteroatoms. The summed E-state index contributed by atoms with van der Waals surface area (Å²) in [6.45, 7) is 0.790. The molecule has 0 aliphatic heterocycles. The molecule has 0 saturated heterocycles. The normalized spacial score (nSPS) is 10.3. The number of benzene rings is 1. The van der Waals surface area contributed by atoms with E-state index in [1.54, 1.807) is 0 Å². The number of hydrogen-bond acceptors (Lipinski definition) is 3. The highest BCUT2D eigenvalue weighted by atomic mass is 127. The second-order valence-corrected chi connectivity index (χ2v) is 4.00. The molecule has 0 unspecified atom stereocenters. The summed E-state index contributed by atoms with van der Waals surface area (Å²) >= 11 is 2.09. The maximum Gasteiger partial charge on any atom is 0.0684 e. The van der Waals surface area contributed by atoms with Crippen LogP contribution in [0, 0.1) is 0 Å². The van der Waals surface area contributed by atoms with E-state index in [1.807, 2.05) is 24.3 Å². The monoisotopic (exact) mass is 310 g/mol. The minimum Gasteiger partial charge on any atom is -0.392 e. The number of aliphatic hydroxyl groups excluding tert-OH is 1.